The Hall–Kier alpha value is -1.03. The highest BCUT2D eigenvalue weighted by molar-refractivity contribution is 7.89. The quantitative estimate of drug-likeness (QED) is 0.775. The van der Waals surface area contributed by atoms with Gasteiger partial charge >= 0.3 is 0 Å². The van der Waals surface area contributed by atoms with Crippen molar-refractivity contribution in [2.75, 3.05) is 32.9 Å². The predicted molar refractivity (Wildman–Crippen MR) is 80.6 cm³/mol. The molecule has 1 aliphatic heterocycles. The highest BCUT2D eigenvalue weighted by Crippen LogP contribution is 2.22. The van der Waals surface area contributed by atoms with Crippen LogP contribution in [0.25, 0.3) is 0 Å². The van der Waals surface area contributed by atoms with Gasteiger partial charge in [-0.15, -0.1) is 10.2 Å². The first-order chi connectivity index (χ1) is 10.2. The number of aliphatic hydroxyl groups excluding tert-OH is 1. The van der Waals surface area contributed by atoms with Gasteiger partial charge in [0, 0.05) is 39.0 Å². The van der Waals surface area contributed by atoms with Crippen LogP contribution >= 0.6 is 0 Å². The minimum absolute atomic E-state index is 0.0568. The molecule has 1 aliphatic rings. The molecule has 1 saturated heterocycles. The summed E-state index contributed by atoms with van der Waals surface area (Å²) in [6.07, 6.45) is -0.665. The molecule has 9 heteroatoms. The summed E-state index contributed by atoms with van der Waals surface area (Å²) in [5.41, 5.74) is 0. The largest absolute Gasteiger partial charge is 0.424 e. The van der Waals surface area contributed by atoms with Gasteiger partial charge in [-0.25, -0.2) is 12.7 Å². The van der Waals surface area contributed by atoms with Crippen LogP contribution in [-0.4, -0.2) is 72.0 Å². The van der Waals surface area contributed by atoms with E-state index in [4.69, 9.17) is 4.42 Å². The Morgan fingerprint density at radius 1 is 1.36 bits per heavy atom. The van der Waals surface area contributed by atoms with Gasteiger partial charge in [0.1, 0.15) is 0 Å². The number of rotatable bonds is 6. The lowest BCUT2D eigenvalue weighted by atomic mass is 10.1. The zero-order valence-electron chi connectivity index (χ0n) is 13.4. The minimum Gasteiger partial charge on any atom is -0.424 e. The molecule has 22 heavy (non-hydrogen) atoms. The van der Waals surface area contributed by atoms with E-state index in [1.165, 1.54) is 18.4 Å². The lowest BCUT2D eigenvalue weighted by Crippen LogP contribution is -2.33. The normalized spacial score (nSPS) is 23.8. The van der Waals surface area contributed by atoms with E-state index in [-0.39, 0.29) is 17.6 Å². The van der Waals surface area contributed by atoms with Crippen molar-refractivity contribution in [1.29, 1.82) is 0 Å². The number of β-amino-alcohol motifs (C(OH)–C–C–N with tert-alkyl or cyclic N) is 1. The van der Waals surface area contributed by atoms with Gasteiger partial charge in [-0.1, -0.05) is 13.8 Å². The Morgan fingerprint density at radius 2 is 2.05 bits per heavy atom. The molecule has 0 amide bonds. The van der Waals surface area contributed by atoms with Crippen LogP contribution in [0, 0.1) is 5.92 Å². The molecule has 1 N–H and O–H groups in total. The standard InChI is InChI=1S/C13H24N4O4S/c1-9(2)13-15-14-12(21-13)7-17-5-10(11(18)6-17)8-22(19,20)16(3)4/h9-11,18H,5-8H2,1-4H3/t10-,11-/m0/s1. The second kappa shape index (κ2) is 6.61. The minimum atomic E-state index is -3.32. The SMILES string of the molecule is CC(C)c1nnc(CN2C[C@@H](CS(=O)(=O)N(C)C)[C@@H](O)C2)o1. The predicted octanol–water partition coefficient (Wildman–Crippen LogP) is -0.123. The van der Waals surface area contributed by atoms with E-state index in [0.29, 0.717) is 31.4 Å². The molecule has 1 aromatic heterocycles. The average molecular weight is 332 g/mol. The molecule has 1 aromatic rings. The first-order valence-corrected chi connectivity index (χ1v) is 8.93. The Bertz CT molecular complexity index is 599. The lowest BCUT2D eigenvalue weighted by Gasteiger charge is -2.17. The van der Waals surface area contributed by atoms with Gasteiger partial charge in [-0.3, -0.25) is 4.90 Å². The summed E-state index contributed by atoms with van der Waals surface area (Å²) >= 11 is 0. The molecule has 0 aliphatic carbocycles. The molecule has 2 atom stereocenters. The molecule has 0 spiro atoms. The Balaban J connectivity index is 1.95. The monoisotopic (exact) mass is 332 g/mol. The van der Waals surface area contributed by atoms with Crippen molar-refractivity contribution in [3.8, 4) is 0 Å². The van der Waals surface area contributed by atoms with E-state index >= 15 is 0 Å². The van der Waals surface area contributed by atoms with Crippen molar-refractivity contribution in [2.24, 2.45) is 5.92 Å². The fourth-order valence-corrected chi connectivity index (χ4v) is 3.58. The van der Waals surface area contributed by atoms with Crippen LogP contribution < -0.4 is 0 Å². The van der Waals surface area contributed by atoms with E-state index in [1.807, 2.05) is 18.7 Å². The number of hydrogen-bond acceptors (Lipinski definition) is 7. The van der Waals surface area contributed by atoms with E-state index in [2.05, 4.69) is 10.2 Å². The van der Waals surface area contributed by atoms with Crippen molar-refractivity contribution in [1.82, 2.24) is 19.4 Å². The summed E-state index contributed by atoms with van der Waals surface area (Å²) in [5, 5.41) is 18.0. The smallest absolute Gasteiger partial charge is 0.230 e. The van der Waals surface area contributed by atoms with Crippen molar-refractivity contribution in [2.45, 2.75) is 32.4 Å². The first kappa shape index (κ1) is 17.3. The van der Waals surface area contributed by atoms with Crippen LogP contribution in [0.4, 0.5) is 0 Å². The third kappa shape index (κ3) is 4.03. The third-order valence-electron chi connectivity index (χ3n) is 3.80. The molecule has 0 saturated carbocycles. The highest BCUT2D eigenvalue weighted by Gasteiger charge is 2.35. The number of aromatic nitrogens is 2. The number of nitrogens with zero attached hydrogens (tertiary/aromatic N) is 4. The van der Waals surface area contributed by atoms with Crippen molar-refractivity contribution in [3.05, 3.63) is 11.8 Å². The van der Waals surface area contributed by atoms with Gasteiger partial charge in [-0.2, -0.15) is 0 Å². The number of sulfonamides is 1. The van der Waals surface area contributed by atoms with Crippen LogP contribution in [0.3, 0.4) is 0 Å². The maximum Gasteiger partial charge on any atom is 0.230 e. The molecular formula is C13H24N4O4S. The zero-order valence-corrected chi connectivity index (χ0v) is 14.2. The molecule has 0 bridgehead atoms. The van der Waals surface area contributed by atoms with Gasteiger partial charge in [0.05, 0.1) is 18.4 Å². The molecule has 1 fully saturated rings. The maximum atomic E-state index is 11.9. The summed E-state index contributed by atoms with van der Waals surface area (Å²) in [4.78, 5) is 1.94. The van der Waals surface area contributed by atoms with Gasteiger partial charge in [0.15, 0.2) is 0 Å². The first-order valence-electron chi connectivity index (χ1n) is 7.32. The summed E-state index contributed by atoms with van der Waals surface area (Å²) in [5.74, 6) is 0.885. The van der Waals surface area contributed by atoms with E-state index in [1.54, 1.807) is 0 Å². The Labute approximate surface area is 131 Å². The molecule has 0 unspecified atom stereocenters. The van der Waals surface area contributed by atoms with Crippen LogP contribution in [0.15, 0.2) is 4.42 Å². The molecule has 0 aromatic carbocycles. The topological polar surface area (TPSA) is 99.8 Å². The highest BCUT2D eigenvalue weighted by atomic mass is 32.2. The molecule has 2 heterocycles. The molecule has 8 nitrogen and oxygen atoms in total. The number of aliphatic hydroxyl groups is 1. The fourth-order valence-electron chi connectivity index (χ4n) is 2.41. The maximum absolute atomic E-state index is 11.9. The lowest BCUT2D eigenvalue weighted by molar-refractivity contribution is 0.146. The second-order valence-corrected chi connectivity index (χ2v) is 8.50. The van der Waals surface area contributed by atoms with Crippen LogP contribution in [0.2, 0.25) is 0 Å². The molecule has 0 radical (unpaired) electrons. The number of hydrogen-bond donors (Lipinski definition) is 1. The Kier molecular flexibility index (Phi) is 5.21. The average Bonchev–Trinajstić information content (AvgIpc) is 2.97. The summed E-state index contributed by atoms with van der Waals surface area (Å²) < 4.78 is 30.6. The van der Waals surface area contributed by atoms with Crippen molar-refractivity contribution >= 4 is 10.0 Å². The fraction of sp³-hybridized carbons (Fsp3) is 0.846. The Morgan fingerprint density at radius 3 is 2.59 bits per heavy atom. The van der Waals surface area contributed by atoms with Crippen LogP contribution in [-0.2, 0) is 16.6 Å². The summed E-state index contributed by atoms with van der Waals surface area (Å²) in [7, 11) is -0.322. The molecule has 126 valence electrons. The van der Waals surface area contributed by atoms with E-state index < -0.39 is 16.1 Å². The van der Waals surface area contributed by atoms with E-state index in [9.17, 15) is 13.5 Å². The molecular weight excluding hydrogens is 308 g/mol. The van der Waals surface area contributed by atoms with Crippen molar-refractivity contribution in [3.63, 3.8) is 0 Å². The number of likely N-dealkylation sites (tertiary alicyclic amines) is 1. The summed E-state index contributed by atoms with van der Waals surface area (Å²) in [6, 6.07) is 0. The zero-order chi connectivity index (χ0) is 16.5. The van der Waals surface area contributed by atoms with Gasteiger partial charge in [-0.05, 0) is 0 Å². The van der Waals surface area contributed by atoms with E-state index in [0.717, 1.165) is 0 Å². The van der Waals surface area contributed by atoms with Crippen LogP contribution in [0.1, 0.15) is 31.5 Å². The summed E-state index contributed by atoms with van der Waals surface area (Å²) in [6.45, 7) is 5.27. The second-order valence-electron chi connectivity index (χ2n) is 6.27. The third-order valence-corrected chi connectivity index (χ3v) is 5.76. The molecule has 2 rings (SSSR count). The van der Waals surface area contributed by atoms with Crippen molar-refractivity contribution < 1.29 is 17.9 Å². The van der Waals surface area contributed by atoms with Gasteiger partial charge in [0.25, 0.3) is 0 Å². The van der Waals surface area contributed by atoms with Gasteiger partial charge in [0.2, 0.25) is 21.8 Å². The van der Waals surface area contributed by atoms with Crippen LogP contribution in [0.5, 0.6) is 0 Å². The van der Waals surface area contributed by atoms with Gasteiger partial charge < -0.3 is 9.52 Å².